The number of likely N-dealkylation sites (N-methyl/N-ethyl adjacent to an activating group) is 1. The third kappa shape index (κ3) is 3.12. The van der Waals surface area contributed by atoms with Crippen LogP contribution in [-0.2, 0) is 6.54 Å². The summed E-state index contributed by atoms with van der Waals surface area (Å²) in [4.78, 5) is 16.4. The van der Waals surface area contributed by atoms with Crippen LogP contribution in [0.5, 0.6) is 0 Å². The van der Waals surface area contributed by atoms with E-state index in [1.807, 2.05) is 19.1 Å². The third-order valence-corrected chi connectivity index (χ3v) is 4.51. The van der Waals surface area contributed by atoms with Crippen molar-refractivity contribution in [1.29, 1.82) is 0 Å². The number of halogens is 1. The molecular formula is C16H19ClN2O2. The van der Waals surface area contributed by atoms with Crippen molar-refractivity contribution in [1.82, 2.24) is 9.80 Å². The number of fused-ring (bicyclic) bond motifs is 1. The Morgan fingerprint density at radius 3 is 2.62 bits per heavy atom. The van der Waals surface area contributed by atoms with E-state index in [1.54, 1.807) is 6.07 Å². The first-order valence-electron chi connectivity index (χ1n) is 7.17. The Morgan fingerprint density at radius 2 is 1.90 bits per heavy atom. The quantitative estimate of drug-likeness (QED) is 0.799. The first-order chi connectivity index (χ1) is 10.0. The van der Waals surface area contributed by atoms with Gasteiger partial charge in [-0.05, 0) is 37.2 Å². The largest absolute Gasteiger partial charge is 0.423 e. The summed E-state index contributed by atoms with van der Waals surface area (Å²) < 4.78 is 5.30. The molecular weight excluding hydrogens is 288 g/mol. The van der Waals surface area contributed by atoms with Crippen LogP contribution in [-0.4, -0.2) is 43.0 Å². The molecule has 0 unspecified atom stereocenters. The van der Waals surface area contributed by atoms with Crippen molar-refractivity contribution in [3.63, 3.8) is 0 Å². The van der Waals surface area contributed by atoms with Crippen LogP contribution < -0.4 is 5.63 Å². The van der Waals surface area contributed by atoms with Gasteiger partial charge in [0.15, 0.2) is 0 Å². The Labute approximate surface area is 128 Å². The van der Waals surface area contributed by atoms with Crippen LogP contribution in [0.4, 0.5) is 0 Å². The zero-order chi connectivity index (χ0) is 15.0. The van der Waals surface area contributed by atoms with Gasteiger partial charge < -0.3 is 9.32 Å². The maximum atomic E-state index is 11.8. The van der Waals surface area contributed by atoms with E-state index in [0.717, 1.165) is 49.2 Å². The van der Waals surface area contributed by atoms with Gasteiger partial charge in [-0.15, -0.1) is 0 Å². The monoisotopic (exact) mass is 306 g/mol. The highest BCUT2D eigenvalue weighted by molar-refractivity contribution is 6.32. The van der Waals surface area contributed by atoms with Gasteiger partial charge in [0, 0.05) is 49.2 Å². The number of piperazine rings is 1. The van der Waals surface area contributed by atoms with E-state index >= 15 is 0 Å². The van der Waals surface area contributed by atoms with Crippen molar-refractivity contribution in [2.45, 2.75) is 13.5 Å². The fourth-order valence-corrected chi connectivity index (χ4v) is 2.89. The van der Waals surface area contributed by atoms with Gasteiger partial charge in [0.05, 0.1) is 0 Å². The van der Waals surface area contributed by atoms with Crippen LogP contribution in [0.1, 0.15) is 11.1 Å². The number of rotatable bonds is 2. The molecule has 2 aromatic rings. The van der Waals surface area contributed by atoms with Crippen molar-refractivity contribution in [3.8, 4) is 0 Å². The molecule has 21 heavy (non-hydrogen) atoms. The molecule has 0 bridgehead atoms. The van der Waals surface area contributed by atoms with Crippen LogP contribution in [0.3, 0.4) is 0 Å². The van der Waals surface area contributed by atoms with E-state index in [-0.39, 0.29) is 5.63 Å². The predicted octanol–water partition coefficient (Wildman–Crippen LogP) is 2.50. The minimum absolute atomic E-state index is 0.298. The van der Waals surface area contributed by atoms with Gasteiger partial charge in [0.1, 0.15) is 5.58 Å². The van der Waals surface area contributed by atoms with Gasteiger partial charge >= 0.3 is 5.63 Å². The van der Waals surface area contributed by atoms with Gasteiger partial charge in [0.2, 0.25) is 0 Å². The SMILES string of the molecule is Cc1cc2oc(=O)cc(CN3CCN(C)CC3)c2cc1Cl. The molecule has 2 heterocycles. The summed E-state index contributed by atoms with van der Waals surface area (Å²) in [6.07, 6.45) is 0. The van der Waals surface area contributed by atoms with Crippen molar-refractivity contribution in [2.24, 2.45) is 0 Å². The predicted molar refractivity (Wildman–Crippen MR) is 85.0 cm³/mol. The molecule has 0 N–H and O–H groups in total. The zero-order valence-electron chi connectivity index (χ0n) is 12.4. The number of nitrogens with zero attached hydrogens (tertiary/aromatic N) is 2. The fourth-order valence-electron chi connectivity index (χ4n) is 2.73. The zero-order valence-corrected chi connectivity index (χ0v) is 13.1. The number of hydrogen-bond donors (Lipinski definition) is 0. The number of aryl methyl sites for hydroxylation is 1. The fraction of sp³-hybridized carbons (Fsp3) is 0.438. The van der Waals surface area contributed by atoms with E-state index in [2.05, 4.69) is 16.8 Å². The molecule has 0 saturated carbocycles. The summed E-state index contributed by atoms with van der Waals surface area (Å²) >= 11 is 6.22. The number of benzene rings is 1. The van der Waals surface area contributed by atoms with Crippen molar-refractivity contribution in [2.75, 3.05) is 33.2 Å². The van der Waals surface area contributed by atoms with Crippen molar-refractivity contribution < 1.29 is 4.42 Å². The lowest BCUT2D eigenvalue weighted by atomic mass is 10.1. The van der Waals surface area contributed by atoms with Gasteiger partial charge in [-0.25, -0.2) is 4.79 Å². The standard InChI is InChI=1S/C16H19ClN2O2/c1-11-7-15-13(9-14(11)17)12(8-16(20)21-15)10-19-5-3-18(2)4-6-19/h7-9H,3-6,10H2,1-2H3. The molecule has 112 valence electrons. The molecule has 1 aliphatic heterocycles. The van der Waals surface area contributed by atoms with Crippen LogP contribution in [0.25, 0.3) is 11.0 Å². The number of hydrogen-bond acceptors (Lipinski definition) is 4. The van der Waals surface area contributed by atoms with Crippen LogP contribution in [0, 0.1) is 6.92 Å². The summed E-state index contributed by atoms with van der Waals surface area (Å²) in [5, 5.41) is 1.64. The molecule has 0 radical (unpaired) electrons. The van der Waals surface area contributed by atoms with E-state index in [1.165, 1.54) is 0 Å². The molecule has 3 rings (SSSR count). The van der Waals surface area contributed by atoms with Gasteiger partial charge in [-0.2, -0.15) is 0 Å². The lowest BCUT2D eigenvalue weighted by Crippen LogP contribution is -2.43. The second-order valence-electron chi connectivity index (χ2n) is 5.77. The molecule has 1 aromatic heterocycles. The summed E-state index contributed by atoms with van der Waals surface area (Å²) in [6, 6.07) is 5.33. The molecule has 0 amide bonds. The molecule has 1 saturated heterocycles. The Kier molecular flexibility index (Phi) is 4.02. The molecule has 1 aliphatic rings. The van der Waals surface area contributed by atoms with Gasteiger partial charge in [-0.1, -0.05) is 11.6 Å². The van der Waals surface area contributed by atoms with Gasteiger partial charge in [-0.3, -0.25) is 4.90 Å². The summed E-state index contributed by atoms with van der Waals surface area (Å²) in [5.74, 6) is 0. The average molecular weight is 307 g/mol. The summed E-state index contributed by atoms with van der Waals surface area (Å²) in [5.41, 5.74) is 2.23. The average Bonchev–Trinajstić information content (AvgIpc) is 2.43. The van der Waals surface area contributed by atoms with E-state index in [0.29, 0.717) is 10.6 Å². The molecule has 0 atom stereocenters. The Balaban J connectivity index is 1.97. The molecule has 0 spiro atoms. The highest BCUT2D eigenvalue weighted by Crippen LogP contribution is 2.26. The smallest absolute Gasteiger partial charge is 0.336 e. The lowest BCUT2D eigenvalue weighted by Gasteiger charge is -2.32. The lowest BCUT2D eigenvalue weighted by molar-refractivity contribution is 0.148. The normalized spacial score (nSPS) is 17.5. The molecule has 1 fully saturated rings. The third-order valence-electron chi connectivity index (χ3n) is 4.10. The Hall–Kier alpha value is -1.36. The molecule has 4 nitrogen and oxygen atoms in total. The summed E-state index contributed by atoms with van der Waals surface area (Å²) in [6.45, 7) is 6.80. The Morgan fingerprint density at radius 1 is 1.19 bits per heavy atom. The van der Waals surface area contributed by atoms with E-state index < -0.39 is 0 Å². The topological polar surface area (TPSA) is 36.7 Å². The molecule has 1 aromatic carbocycles. The molecule has 5 heteroatoms. The highest BCUT2D eigenvalue weighted by atomic mass is 35.5. The summed E-state index contributed by atoms with van der Waals surface area (Å²) in [7, 11) is 2.13. The van der Waals surface area contributed by atoms with Crippen LogP contribution in [0.15, 0.2) is 27.4 Å². The second-order valence-corrected chi connectivity index (χ2v) is 6.17. The highest BCUT2D eigenvalue weighted by Gasteiger charge is 2.16. The van der Waals surface area contributed by atoms with Crippen LogP contribution >= 0.6 is 11.6 Å². The first-order valence-corrected chi connectivity index (χ1v) is 7.54. The van der Waals surface area contributed by atoms with Crippen molar-refractivity contribution >= 4 is 22.6 Å². The maximum Gasteiger partial charge on any atom is 0.336 e. The minimum Gasteiger partial charge on any atom is -0.423 e. The van der Waals surface area contributed by atoms with Crippen molar-refractivity contribution in [3.05, 3.63) is 44.8 Å². The molecule has 0 aliphatic carbocycles. The van der Waals surface area contributed by atoms with Crippen LogP contribution in [0.2, 0.25) is 5.02 Å². The Bertz CT molecular complexity index is 718. The van der Waals surface area contributed by atoms with Gasteiger partial charge in [0.25, 0.3) is 0 Å². The van der Waals surface area contributed by atoms with E-state index in [4.69, 9.17) is 16.0 Å². The minimum atomic E-state index is -0.298. The first kappa shape index (κ1) is 14.6. The maximum absolute atomic E-state index is 11.8. The second kappa shape index (κ2) is 5.79. The van der Waals surface area contributed by atoms with E-state index in [9.17, 15) is 4.79 Å².